The summed E-state index contributed by atoms with van der Waals surface area (Å²) in [5.41, 5.74) is 2.35. The van der Waals surface area contributed by atoms with Gasteiger partial charge in [0.05, 0.1) is 11.5 Å². The quantitative estimate of drug-likeness (QED) is 0.875. The van der Waals surface area contributed by atoms with Gasteiger partial charge in [0.2, 0.25) is 0 Å². The Kier molecular flexibility index (Phi) is 5.27. The maximum absolute atomic E-state index is 11.8. The summed E-state index contributed by atoms with van der Waals surface area (Å²) in [5.74, 6) is 0.827. The summed E-state index contributed by atoms with van der Waals surface area (Å²) in [4.78, 5) is 2.07. The Morgan fingerprint density at radius 3 is 2.43 bits per heavy atom. The number of benzene rings is 1. The van der Waals surface area contributed by atoms with E-state index in [9.17, 15) is 8.42 Å². The van der Waals surface area contributed by atoms with Crippen molar-refractivity contribution in [2.24, 2.45) is 5.92 Å². The van der Waals surface area contributed by atoms with E-state index in [-0.39, 0.29) is 12.0 Å². The van der Waals surface area contributed by atoms with Gasteiger partial charge in [0.1, 0.15) is 0 Å². The summed E-state index contributed by atoms with van der Waals surface area (Å²) in [7, 11) is 1.20. The smallest absolute Gasteiger partial charge is 0.150 e. The number of rotatable bonds is 6. The minimum absolute atomic E-state index is 0.137. The van der Waals surface area contributed by atoms with Crippen molar-refractivity contribution < 1.29 is 8.42 Å². The van der Waals surface area contributed by atoms with Crippen molar-refractivity contribution in [1.29, 1.82) is 0 Å². The monoisotopic (exact) mass is 310 g/mol. The van der Waals surface area contributed by atoms with Crippen LogP contribution < -0.4 is 10.2 Å². The van der Waals surface area contributed by atoms with Crippen LogP contribution >= 0.6 is 0 Å². The van der Waals surface area contributed by atoms with Gasteiger partial charge >= 0.3 is 0 Å². The second kappa shape index (κ2) is 6.79. The van der Waals surface area contributed by atoms with E-state index in [1.54, 1.807) is 0 Å². The van der Waals surface area contributed by atoms with Gasteiger partial charge < -0.3 is 10.2 Å². The lowest BCUT2D eigenvalue weighted by Gasteiger charge is -2.25. The minimum atomic E-state index is -2.84. The highest BCUT2D eigenvalue weighted by molar-refractivity contribution is 7.91. The van der Waals surface area contributed by atoms with Crippen LogP contribution in [-0.2, 0) is 9.84 Å². The van der Waals surface area contributed by atoms with E-state index in [0.29, 0.717) is 11.5 Å². The molecule has 2 unspecified atom stereocenters. The minimum Gasteiger partial charge on any atom is -0.378 e. The predicted octanol–water partition coefficient (Wildman–Crippen LogP) is 2.23. The first kappa shape index (κ1) is 16.3. The summed E-state index contributed by atoms with van der Waals surface area (Å²) < 4.78 is 23.5. The fourth-order valence-electron chi connectivity index (χ4n) is 2.92. The van der Waals surface area contributed by atoms with E-state index < -0.39 is 9.84 Å². The Bertz CT molecular complexity index is 552. The van der Waals surface area contributed by atoms with E-state index >= 15 is 0 Å². The van der Waals surface area contributed by atoms with Crippen LogP contribution in [0.4, 0.5) is 5.69 Å². The van der Waals surface area contributed by atoms with Crippen LogP contribution in [0.3, 0.4) is 0 Å². The highest BCUT2D eigenvalue weighted by atomic mass is 32.2. The van der Waals surface area contributed by atoms with Crippen molar-refractivity contribution in [3.05, 3.63) is 29.8 Å². The fraction of sp³-hybridized carbons (Fsp3) is 0.625. The van der Waals surface area contributed by atoms with Crippen LogP contribution in [0.15, 0.2) is 24.3 Å². The summed E-state index contributed by atoms with van der Waals surface area (Å²) in [6.07, 6.45) is 1.81. The molecule has 21 heavy (non-hydrogen) atoms. The summed E-state index contributed by atoms with van der Waals surface area (Å²) in [5, 5.41) is 3.54. The molecule has 1 N–H and O–H groups in total. The van der Waals surface area contributed by atoms with Crippen molar-refractivity contribution in [3.63, 3.8) is 0 Å². The van der Waals surface area contributed by atoms with Crippen LogP contribution in [0.25, 0.3) is 0 Å². The van der Waals surface area contributed by atoms with Gasteiger partial charge in [-0.1, -0.05) is 19.1 Å². The van der Waals surface area contributed by atoms with Crippen molar-refractivity contribution in [1.82, 2.24) is 5.32 Å². The second-order valence-electron chi connectivity index (χ2n) is 6.08. The molecule has 5 heteroatoms. The Morgan fingerprint density at radius 2 is 1.95 bits per heavy atom. The van der Waals surface area contributed by atoms with Crippen LogP contribution in [0.5, 0.6) is 0 Å². The average molecular weight is 310 g/mol. The molecule has 1 aliphatic rings. The van der Waals surface area contributed by atoms with E-state index in [4.69, 9.17) is 0 Å². The summed E-state index contributed by atoms with van der Waals surface area (Å²) >= 11 is 0. The Labute approximate surface area is 128 Å². The van der Waals surface area contributed by atoms with Gasteiger partial charge in [0.15, 0.2) is 9.84 Å². The Hall–Kier alpha value is -1.07. The molecule has 2 rings (SSSR count). The average Bonchev–Trinajstić information content (AvgIpc) is 2.80. The SMILES string of the molecule is CCCNC(c1ccc(N(C)C)cc1)C1CCS(=O)(=O)C1. The Morgan fingerprint density at radius 1 is 1.29 bits per heavy atom. The van der Waals surface area contributed by atoms with Gasteiger partial charge in [-0.25, -0.2) is 8.42 Å². The lowest BCUT2D eigenvalue weighted by atomic mass is 9.92. The van der Waals surface area contributed by atoms with Crippen molar-refractivity contribution in [2.75, 3.05) is 37.0 Å². The van der Waals surface area contributed by atoms with Crippen molar-refractivity contribution >= 4 is 15.5 Å². The van der Waals surface area contributed by atoms with Gasteiger partial charge in [0.25, 0.3) is 0 Å². The lowest BCUT2D eigenvalue weighted by Crippen LogP contribution is -2.29. The third-order valence-corrected chi connectivity index (χ3v) is 5.92. The maximum Gasteiger partial charge on any atom is 0.150 e. The first-order valence-electron chi connectivity index (χ1n) is 7.64. The molecule has 1 aliphatic heterocycles. The standard InChI is InChI=1S/C16H26N2O2S/c1-4-10-17-16(14-9-11-21(19,20)12-14)13-5-7-15(8-6-13)18(2)3/h5-8,14,16-17H,4,9-12H2,1-3H3. The zero-order valence-corrected chi connectivity index (χ0v) is 14.0. The van der Waals surface area contributed by atoms with Gasteiger partial charge in [-0.3, -0.25) is 0 Å². The summed E-state index contributed by atoms with van der Waals surface area (Å²) in [6.45, 7) is 3.04. The molecule has 118 valence electrons. The molecule has 1 aromatic carbocycles. The number of anilines is 1. The molecule has 1 saturated heterocycles. The first-order chi connectivity index (χ1) is 9.93. The number of nitrogens with one attached hydrogen (secondary N) is 1. The predicted molar refractivity (Wildman–Crippen MR) is 88.6 cm³/mol. The maximum atomic E-state index is 11.8. The van der Waals surface area contributed by atoms with Gasteiger partial charge in [-0.05, 0) is 43.0 Å². The van der Waals surface area contributed by atoms with Crippen LogP contribution in [0, 0.1) is 5.92 Å². The van der Waals surface area contributed by atoms with Crippen LogP contribution in [0.1, 0.15) is 31.4 Å². The van der Waals surface area contributed by atoms with Gasteiger partial charge in [-0.15, -0.1) is 0 Å². The normalized spacial score (nSPS) is 22.1. The van der Waals surface area contributed by atoms with Gasteiger partial charge in [-0.2, -0.15) is 0 Å². The molecule has 0 radical (unpaired) electrons. The highest BCUT2D eigenvalue weighted by Gasteiger charge is 2.34. The highest BCUT2D eigenvalue weighted by Crippen LogP contribution is 2.32. The van der Waals surface area contributed by atoms with E-state index in [1.807, 2.05) is 14.1 Å². The molecule has 4 nitrogen and oxygen atoms in total. The number of hydrogen-bond donors (Lipinski definition) is 1. The molecule has 0 spiro atoms. The van der Waals surface area contributed by atoms with E-state index in [0.717, 1.165) is 25.1 Å². The number of nitrogens with zero attached hydrogens (tertiary/aromatic N) is 1. The van der Waals surface area contributed by atoms with Crippen LogP contribution in [-0.4, -0.2) is 40.6 Å². The topological polar surface area (TPSA) is 49.4 Å². The molecule has 1 heterocycles. The summed E-state index contributed by atoms with van der Waals surface area (Å²) in [6, 6.07) is 8.57. The Balaban J connectivity index is 2.19. The first-order valence-corrected chi connectivity index (χ1v) is 9.46. The molecule has 0 saturated carbocycles. The molecule has 1 aromatic rings. The zero-order chi connectivity index (χ0) is 15.5. The molecule has 0 aliphatic carbocycles. The van der Waals surface area contributed by atoms with E-state index in [1.165, 1.54) is 5.56 Å². The number of hydrogen-bond acceptors (Lipinski definition) is 4. The largest absolute Gasteiger partial charge is 0.378 e. The molecule has 0 amide bonds. The molecule has 0 bridgehead atoms. The number of sulfone groups is 1. The van der Waals surface area contributed by atoms with Crippen molar-refractivity contribution in [3.8, 4) is 0 Å². The van der Waals surface area contributed by atoms with E-state index in [2.05, 4.69) is 41.4 Å². The third kappa shape index (κ3) is 4.20. The molecule has 2 atom stereocenters. The molecular formula is C16H26N2O2S. The fourth-order valence-corrected chi connectivity index (χ4v) is 4.76. The van der Waals surface area contributed by atoms with Gasteiger partial charge in [0, 0.05) is 25.8 Å². The van der Waals surface area contributed by atoms with Crippen molar-refractivity contribution in [2.45, 2.75) is 25.8 Å². The molecular weight excluding hydrogens is 284 g/mol. The lowest BCUT2D eigenvalue weighted by molar-refractivity contribution is 0.393. The van der Waals surface area contributed by atoms with Crippen LogP contribution in [0.2, 0.25) is 0 Å². The molecule has 0 aromatic heterocycles. The molecule has 1 fully saturated rings. The second-order valence-corrected chi connectivity index (χ2v) is 8.31. The zero-order valence-electron chi connectivity index (χ0n) is 13.2. The third-order valence-electron chi connectivity index (χ3n) is 4.12.